The van der Waals surface area contributed by atoms with E-state index in [1.54, 1.807) is 0 Å². The number of benzene rings is 1. The van der Waals surface area contributed by atoms with Crippen molar-refractivity contribution >= 4 is 5.91 Å². The molecule has 1 aromatic rings. The molecule has 1 saturated heterocycles. The standard InChI is InChI=1S/C19H31N3O2/c1-4-22(5-2)19(23)16-21-13-11-20(12-14-21)15-17-7-9-18(10-8-17)24-6-3/h7-10H,4-6,11-16H2,1-3H3. The van der Waals surface area contributed by atoms with Gasteiger partial charge in [0.2, 0.25) is 5.91 Å². The molecule has 0 unspecified atom stereocenters. The highest BCUT2D eigenvalue weighted by molar-refractivity contribution is 5.78. The molecule has 0 bridgehead atoms. The van der Waals surface area contributed by atoms with Gasteiger partial charge in [-0.2, -0.15) is 0 Å². The zero-order valence-corrected chi connectivity index (χ0v) is 15.3. The van der Waals surface area contributed by atoms with Crippen molar-refractivity contribution in [2.24, 2.45) is 0 Å². The Morgan fingerprint density at radius 3 is 2.12 bits per heavy atom. The molecule has 1 aromatic carbocycles. The highest BCUT2D eigenvalue weighted by Crippen LogP contribution is 2.14. The van der Waals surface area contributed by atoms with E-state index < -0.39 is 0 Å². The monoisotopic (exact) mass is 333 g/mol. The Bertz CT molecular complexity index is 492. The summed E-state index contributed by atoms with van der Waals surface area (Å²) in [7, 11) is 0. The van der Waals surface area contributed by atoms with Crippen LogP contribution in [0.3, 0.4) is 0 Å². The highest BCUT2D eigenvalue weighted by atomic mass is 16.5. The topological polar surface area (TPSA) is 36.0 Å². The normalized spacial score (nSPS) is 16.1. The van der Waals surface area contributed by atoms with Crippen LogP contribution in [0, 0.1) is 0 Å². The number of rotatable bonds is 8. The second-order valence-corrected chi connectivity index (χ2v) is 6.20. The van der Waals surface area contributed by atoms with Crippen LogP contribution >= 0.6 is 0 Å². The first-order valence-electron chi connectivity index (χ1n) is 9.10. The van der Waals surface area contributed by atoms with Gasteiger partial charge in [-0.3, -0.25) is 14.6 Å². The number of carbonyl (C=O) groups excluding carboxylic acids is 1. The van der Waals surface area contributed by atoms with Crippen LogP contribution in [-0.4, -0.2) is 73.0 Å². The molecule has 0 aliphatic carbocycles. The molecule has 1 aliphatic rings. The fourth-order valence-corrected chi connectivity index (χ4v) is 3.09. The largest absolute Gasteiger partial charge is 0.494 e. The molecule has 0 radical (unpaired) electrons. The van der Waals surface area contributed by atoms with Crippen molar-refractivity contribution in [3.05, 3.63) is 29.8 Å². The molecule has 134 valence electrons. The first-order chi connectivity index (χ1) is 11.7. The predicted octanol–water partition coefficient (Wildman–Crippen LogP) is 2.07. The zero-order valence-electron chi connectivity index (χ0n) is 15.3. The molecule has 1 fully saturated rings. The number of hydrogen-bond donors (Lipinski definition) is 0. The van der Waals surface area contributed by atoms with E-state index in [9.17, 15) is 4.79 Å². The average molecular weight is 333 g/mol. The molecule has 0 atom stereocenters. The maximum atomic E-state index is 12.2. The number of hydrogen-bond acceptors (Lipinski definition) is 4. The molecule has 1 heterocycles. The SMILES string of the molecule is CCOc1ccc(CN2CCN(CC(=O)N(CC)CC)CC2)cc1. The van der Waals surface area contributed by atoms with E-state index in [0.29, 0.717) is 13.2 Å². The van der Waals surface area contributed by atoms with E-state index >= 15 is 0 Å². The van der Waals surface area contributed by atoms with Gasteiger partial charge in [0.05, 0.1) is 13.2 Å². The van der Waals surface area contributed by atoms with E-state index in [4.69, 9.17) is 4.74 Å². The van der Waals surface area contributed by atoms with Crippen molar-refractivity contribution in [2.75, 3.05) is 52.4 Å². The summed E-state index contributed by atoms with van der Waals surface area (Å²) >= 11 is 0. The molecule has 1 aliphatic heterocycles. The molecular formula is C19H31N3O2. The van der Waals surface area contributed by atoms with Gasteiger partial charge in [0.1, 0.15) is 5.75 Å². The molecule has 24 heavy (non-hydrogen) atoms. The van der Waals surface area contributed by atoms with Crippen molar-refractivity contribution in [2.45, 2.75) is 27.3 Å². The maximum absolute atomic E-state index is 12.2. The van der Waals surface area contributed by atoms with Crippen molar-refractivity contribution in [3.63, 3.8) is 0 Å². The second-order valence-electron chi connectivity index (χ2n) is 6.20. The lowest BCUT2D eigenvalue weighted by Crippen LogP contribution is -2.49. The van der Waals surface area contributed by atoms with Crippen molar-refractivity contribution in [1.82, 2.24) is 14.7 Å². The molecule has 5 heteroatoms. The van der Waals surface area contributed by atoms with Crippen molar-refractivity contribution in [1.29, 1.82) is 0 Å². The molecule has 0 N–H and O–H groups in total. The predicted molar refractivity (Wildman–Crippen MR) is 97.3 cm³/mol. The molecule has 1 amide bonds. The summed E-state index contributed by atoms with van der Waals surface area (Å²) in [5.41, 5.74) is 1.31. The zero-order chi connectivity index (χ0) is 17.4. The Labute approximate surface area is 146 Å². The van der Waals surface area contributed by atoms with Crippen LogP contribution in [0.2, 0.25) is 0 Å². The fourth-order valence-electron chi connectivity index (χ4n) is 3.09. The molecule has 0 spiro atoms. The van der Waals surface area contributed by atoms with E-state index in [1.807, 2.05) is 37.8 Å². The van der Waals surface area contributed by atoms with Gasteiger partial charge in [-0.25, -0.2) is 0 Å². The third kappa shape index (κ3) is 5.49. The third-order valence-electron chi connectivity index (χ3n) is 4.58. The Kier molecular flexibility index (Phi) is 7.53. The summed E-state index contributed by atoms with van der Waals surface area (Å²) in [6, 6.07) is 8.36. The van der Waals surface area contributed by atoms with Crippen molar-refractivity contribution in [3.8, 4) is 5.75 Å². The van der Waals surface area contributed by atoms with E-state index in [0.717, 1.165) is 51.6 Å². The van der Waals surface area contributed by atoms with Gasteiger partial charge in [-0.1, -0.05) is 12.1 Å². The lowest BCUT2D eigenvalue weighted by Gasteiger charge is -2.35. The summed E-state index contributed by atoms with van der Waals surface area (Å²) in [4.78, 5) is 18.8. The first-order valence-corrected chi connectivity index (χ1v) is 9.10. The molecular weight excluding hydrogens is 302 g/mol. The minimum Gasteiger partial charge on any atom is -0.494 e. The van der Waals surface area contributed by atoms with Crippen LogP contribution in [0.4, 0.5) is 0 Å². The van der Waals surface area contributed by atoms with E-state index in [1.165, 1.54) is 5.56 Å². The number of carbonyl (C=O) groups is 1. The number of piperazine rings is 1. The van der Waals surface area contributed by atoms with Crippen LogP contribution in [0.25, 0.3) is 0 Å². The van der Waals surface area contributed by atoms with Crippen molar-refractivity contribution < 1.29 is 9.53 Å². The average Bonchev–Trinajstić information content (AvgIpc) is 2.60. The first kappa shape index (κ1) is 18.7. The number of nitrogens with zero attached hydrogens (tertiary/aromatic N) is 3. The smallest absolute Gasteiger partial charge is 0.236 e. The fraction of sp³-hybridized carbons (Fsp3) is 0.632. The third-order valence-corrected chi connectivity index (χ3v) is 4.58. The highest BCUT2D eigenvalue weighted by Gasteiger charge is 2.20. The van der Waals surface area contributed by atoms with Crippen LogP contribution in [0.1, 0.15) is 26.3 Å². The second kappa shape index (κ2) is 9.64. The van der Waals surface area contributed by atoms with Gasteiger partial charge in [-0.15, -0.1) is 0 Å². The Balaban J connectivity index is 1.75. The Morgan fingerprint density at radius 1 is 1.00 bits per heavy atom. The number of amides is 1. The lowest BCUT2D eigenvalue weighted by atomic mass is 10.2. The number of likely N-dealkylation sites (N-methyl/N-ethyl adjacent to an activating group) is 1. The van der Waals surface area contributed by atoms with Crippen LogP contribution < -0.4 is 4.74 Å². The van der Waals surface area contributed by atoms with Crippen LogP contribution in [0.15, 0.2) is 24.3 Å². The van der Waals surface area contributed by atoms with Crippen LogP contribution in [0.5, 0.6) is 5.75 Å². The minimum absolute atomic E-state index is 0.250. The summed E-state index contributed by atoms with van der Waals surface area (Å²) < 4.78 is 5.48. The van der Waals surface area contributed by atoms with Gasteiger partial charge in [0.25, 0.3) is 0 Å². The van der Waals surface area contributed by atoms with Gasteiger partial charge in [-0.05, 0) is 38.5 Å². The van der Waals surface area contributed by atoms with E-state index in [-0.39, 0.29) is 5.91 Å². The molecule has 0 saturated carbocycles. The van der Waals surface area contributed by atoms with Crippen LogP contribution in [-0.2, 0) is 11.3 Å². The molecule has 0 aromatic heterocycles. The minimum atomic E-state index is 0.250. The van der Waals surface area contributed by atoms with E-state index in [2.05, 4.69) is 21.9 Å². The van der Waals surface area contributed by atoms with Gasteiger partial charge in [0.15, 0.2) is 0 Å². The summed E-state index contributed by atoms with van der Waals surface area (Å²) in [5, 5.41) is 0. The lowest BCUT2D eigenvalue weighted by molar-refractivity contribution is -0.132. The summed E-state index contributed by atoms with van der Waals surface area (Å²) in [5.74, 6) is 1.18. The van der Waals surface area contributed by atoms with Gasteiger partial charge in [0, 0.05) is 45.8 Å². The Morgan fingerprint density at radius 2 is 1.58 bits per heavy atom. The van der Waals surface area contributed by atoms with Gasteiger partial charge < -0.3 is 9.64 Å². The van der Waals surface area contributed by atoms with Gasteiger partial charge >= 0.3 is 0 Å². The quantitative estimate of drug-likeness (QED) is 0.730. The summed E-state index contributed by atoms with van der Waals surface area (Å²) in [6.45, 7) is 13.8. The number of ether oxygens (including phenoxy) is 1. The summed E-state index contributed by atoms with van der Waals surface area (Å²) in [6.07, 6.45) is 0. The molecule has 5 nitrogen and oxygen atoms in total. The maximum Gasteiger partial charge on any atom is 0.236 e. The Hall–Kier alpha value is -1.59. The molecule has 2 rings (SSSR count).